The first-order chi connectivity index (χ1) is 11.2. The van der Waals surface area contributed by atoms with Crippen LogP contribution in [0.5, 0.6) is 0 Å². The fourth-order valence-electron chi connectivity index (χ4n) is 1.99. The topological polar surface area (TPSA) is 46.4 Å². The van der Waals surface area contributed by atoms with Gasteiger partial charge in [-0.15, -0.1) is 0 Å². The van der Waals surface area contributed by atoms with Crippen LogP contribution < -0.4 is 10.1 Å². The second-order valence-corrected chi connectivity index (χ2v) is 7.37. The van der Waals surface area contributed by atoms with Gasteiger partial charge in [0.25, 0.3) is 0 Å². The molecule has 1 aromatic heterocycles. The molecule has 0 saturated carbocycles. The molecule has 4 nitrogen and oxygen atoms in total. The zero-order valence-electron chi connectivity index (χ0n) is 12.0. The summed E-state index contributed by atoms with van der Waals surface area (Å²) in [5, 5.41) is 2.79. The molecule has 7 heteroatoms. The van der Waals surface area contributed by atoms with Crippen LogP contribution in [0.3, 0.4) is 0 Å². The van der Waals surface area contributed by atoms with Gasteiger partial charge in [-0.3, -0.25) is 4.57 Å². The molecule has 0 spiro atoms. The third kappa shape index (κ3) is 4.01. The van der Waals surface area contributed by atoms with Crippen LogP contribution in [0.4, 0.5) is 4.79 Å². The van der Waals surface area contributed by atoms with Crippen LogP contribution in [-0.4, -0.2) is 10.6 Å². The highest BCUT2D eigenvalue weighted by Crippen LogP contribution is 2.12. The maximum atomic E-state index is 12.1. The summed E-state index contributed by atoms with van der Waals surface area (Å²) >= 11 is 5.35. The standard InChI is InChI=1S/C16H13N3OS3/c20-14(17-11-12-7-3-1-4-8-12)18-15-19(16(21)23-22-15)13-9-5-2-6-10-13/h1-10H,11H2,(H,17,20)/b18-15-. The predicted octanol–water partition coefficient (Wildman–Crippen LogP) is 4.14. The Balaban J connectivity index is 1.83. The molecule has 0 saturated heterocycles. The van der Waals surface area contributed by atoms with Gasteiger partial charge < -0.3 is 5.32 Å². The summed E-state index contributed by atoms with van der Waals surface area (Å²) in [4.78, 5) is 16.8. The van der Waals surface area contributed by atoms with Crippen LogP contribution in [-0.2, 0) is 6.54 Å². The summed E-state index contributed by atoms with van der Waals surface area (Å²) in [5.74, 6) is 0. The quantitative estimate of drug-likeness (QED) is 0.564. The van der Waals surface area contributed by atoms with Crippen molar-refractivity contribution < 1.29 is 4.79 Å². The molecule has 0 unspecified atom stereocenters. The van der Waals surface area contributed by atoms with Gasteiger partial charge in [0.15, 0.2) is 3.95 Å². The number of aromatic nitrogens is 1. The van der Waals surface area contributed by atoms with Crippen LogP contribution in [0, 0.1) is 3.95 Å². The highest BCUT2D eigenvalue weighted by Gasteiger charge is 2.05. The number of rotatable bonds is 3. The molecule has 2 aromatic carbocycles. The zero-order valence-corrected chi connectivity index (χ0v) is 14.5. The summed E-state index contributed by atoms with van der Waals surface area (Å²) in [7, 11) is 2.82. The van der Waals surface area contributed by atoms with E-state index in [4.69, 9.17) is 12.2 Å². The van der Waals surface area contributed by atoms with Crippen molar-refractivity contribution >= 4 is 38.9 Å². The molecule has 0 aliphatic carbocycles. The van der Waals surface area contributed by atoms with Crippen molar-refractivity contribution in [3.05, 3.63) is 75.0 Å². The largest absolute Gasteiger partial charge is 0.343 e. The second-order valence-electron chi connectivity index (χ2n) is 4.64. The number of nitrogens with zero attached hydrogens (tertiary/aromatic N) is 2. The molecule has 1 heterocycles. The molecular weight excluding hydrogens is 346 g/mol. The fourth-order valence-corrected chi connectivity index (χ4v) is 4.40. The fraction of sp³-hybridized carbons (Fsp3) is 0.0625. The summed E-state index contributed by atoms with van der Waals surface area (Å²) < 4.78 is 2.49. The van der Waals surface area contributed by atoms with E-state index in [0.717, 1.165) is 11.3 Å². The number of urea groups is 1. The number of hydrogen-bond donors (Lipinski definition) is 1. The Bertz CT molecular complexity index is 911. The third-order valence-corrected chi connectivity index (χ3v) is 5.81. The molecule has 0 aliphatic heterocycles. The van der Waals surface area contributed by atoms with E-state index >= 15 is 0 Å². The number of carbonyl (C=O) groups excluding carboxylic acids is 1. The van der Waals surface area contributed by atoms with Gasteiger partial charge in [0.2, 0.25) is 4.80 Å². The molecular formula is C16H13N3OS3. The lowest BCUT2D eigenvalue weighted by molar-refractivity contribution is 0.248. The van der Waals surface area contributed by atoms with E-state index < -0.39 is 0 Å². The number of benzene rings is 2. The maximum absolute atomic E-state index is 12.1. The van der Waals surface area contributed by atoms with E-state index in [-0.39, 0.29) is 6.03 Å². The summed E-state index contributed by atoms with van der Waals surface area (Å²) in [6, 6.07) is 19.0. The minimum absolute atomic E-state index is 0.373. The summed E-state index contributed by atoms with van der Waals surface area (Å²) in [5.41, 5.74) is 1.94. The van der Waals surface area contributed by atoms with Crippen LogP contribution in [0.25, 0.3) is 5.69 Å². The van der Waals surface area contributed by atoms with Crippen molar-refractivity contribution in [2.45, 2.75) is 6.54 Å². The van der Waals surface area contributed by atoms with E-state index in [9.17, 15) is 4.79 Å². The first-order valence-electron chi connectivity index (χ1n) is 6.88. The molecule has 3 aromatic rings. The molecule has 23 heavy (non-hydrogen) atoms. The van der Waals surface area contributed by atoms with Crippen LogP contribution in [0.15, 0.2) is 65.7 Å². The third-order valence-electron chi connectivity index (χ3n) is 3.06. The Morgan fingerprint density at radius 2 is 1.70 bits per heavy atom. The lowest BCUT2D eigenvalue weighted by Crippen LogP contribution is -2.23. The van der Waals surface area contributed by atoms with Crippen LogP contribution in [0.1, 0.15) is 5.56 Å². The first kappa shape index (κ1) is 15.8. The van der Waals surface area contributed by atoms with Gasteiger partial charge in [-0.05, 0) is 50.6 Å². The Morgan fingerprint density at radius 1 is 1.04 bits per heavy atom. The van der Waals surface area contributed by atoms with Crippen LogP contribution >= 0.6 is 32.9 Å². The van der Waals surface area contributed by atoms with Crippen molar-refractivity contribution in [3.8, 4) is 5.69 Å². The normalized spacial score (nSPS) is 11.4. The highest BCUT2D eigenvalue weighted by atomic mass is 32.9. The first-order valence-corrected chi connectivity index (χ1v) is 9.44. The molecule has 0 atom stereocenters. The van der Waals surface area contributed by atoms with Gasteiger partial charge in [0.1, 0.15) is 0 Å². The number of nitrogens with one attached hydrogen (secondary N) is 1. The second kappa shape index (κ2) is 7.45. The maximum Gasteiger partial charge on any atom is 0.343 e. The van der Waals surface area contributed by atoms with Gasteiger partial charge in [0, 0.05) is 6.54 Å². The number of amides is 2. The average Bonchev–Trinajstić information content (AvgIpc) is 2.95. The SMILES string of the molecule is O=C(/N=c1\ssc(=S)n1-c1ccccc1)NCc1ccccc1. The van der Waals surface area contributed by atoms with Gasteiger partial charge in [-0.2, -0.15) is 4.99 Å². The molecule has 0 radical (unpaired) electrons. The van der Waals surface area contributed by atoms with Crippen molar-refractivity contribution in [2.24, 2.45) is 4.99 Å². The Hall–Kier alpha value is -2.09. The van der Waals surface area contributed by atoms with E-state index in [1.165, 1.54) is 20.7 Å². The number of para-hydroxylation sites is 1. The Kier molecular flexibility index (Phi) is 5.12. The zero-order chi connectivity index (χ0) is 16.1. The van der Waals surface area contributed by atoms with E-state index in [1.807, 2.05) is 65.2 Å². The van der Waals surface area contributed by atoms with Crippen molar-refractivity contribution in [2.75, 3.05) is 0 Å². The number of carbonyl (C=O) groups is 1. The number of hydrogen-bond acceptors (Lipinski definition) is 4. The minimum atomic E-state index is -0.373. The van der Waals surface area contributed by atoms with Crippen molar-refractivity contribution in [1.82, 2.24) is 9.88 Å². The van der Waals surface area contributed by atoms with Crippen molar-refractivity contribution in [3.63, 3.8) is 0 Å². The predicted molar refractivity (Wildman–Crippen MR) is 96.6 cm³/mol. The smallest absolute Gasteiger partial charge is 0.332 e. The lowest BCUT2D eigenvalue weighted by atomic mass is 10.2. The monoisotopic (exact) mass is 359 g/mol. The molecule has 1 N–H and O–H groups in total. The minimum Gasteiger partial charge on any atom is -0.332 e. The Labute approximate surface area is 145 Å². The van der Waals surface area contributed by atoms with Crippen LogP contribution in [0.2, 0.25) is 0 Å². The summed E-state index contributed by atoms with van der Waals surface area (Å²) in [6.07, 6.45) is 0. The van der Waals surface area contributed by atoms with Gasteiger partial charge >= 0.3 is 6.03 Å². The average molecular weight is 360 g/mol. The lowest BCUT2D eigenvalue weighted by Gasteiger charge is -2.03. The van der Waals surface area contributed by atoms with Gasteiger partial charge in [-0.25, -0.2) is 4.79 Å². The van der Waals surface area contributed by atoms with E-state index in [0.29, 0.717) is 15.3 Å². The van der Waals surface area contributed by atoms with Crippen molar-refractivity contribution in [1.29, 1.82) is 0 Å². The van der Waals surface area contributed by atoms with E-state index in [2.05, 4.69) is 10.3 Å². The Morgan fingerprint density at radius 3 is 2.39 bits per heavy atom. The highest BCUT2D eigenvalue weighted by molar-refractivity contribution is 7.79. The summed E-state index contributed by atoms with van der Waals surface area (Å²) in [6.45, 7) is 0.448. The van der Waals surface area contributed by atoms with Gasteiger partial charge in [-0.1, -0.05) is 48.5 Å². The molecule has 116 valence electrons. The van der Waals surface area contributed by atoms with Gasteiger partial charge in [0.05, 0.1) is 5.69 Å². The molecule has 2 amide bonds. The molecule has 0 aliphatic rings. The van der Waals surface area contributed by atoms with E-state index in [1.54, 1.807) is 0 Å². The molecule has 0 fully saturated rings. The molecule has 3 rings (SSSR count). The molecule has 0 bridgehead atoms.